The molecule has 86 valence electrons. The topological polar surface area (TPSA) is 50.4 Å². The second kappa shape index (κ2) is 4.59. The first-order valence-corrected chi connectivity index (χ1v) is 4.95. The molecule has 3 N–H and O–H groups in total. The zero-order valence-corrected chi connectivity index (χ0v) is 8.89. The Balaban J connectivity index is 2.15. The minimum atomic E-state index is -2.46. The summed E-state index contributed by atoms with van der Waals surface area (Å²) >= 11 is 0. The van der Waals surface area contributed by atoms with Gasteiger partial charge < -0.3 is 11.1 Å². The maximum atomic E-state index is 12.5. The van der Waals surface area contributed by atoms with Crippen LogP contribution >= 0.6 is 0 Å². The molecule has 1 rings (SSSR count). The molecule has 0 atom stereocenters. The van der Waals surface area contributed by atoms with Gasteiger partial charge in [-0.25, -0.2) is 13.8 Å². The van der Waals surface area contributed by atoms with Gasteiger partial charge in [-0.2, -0.15) is 0 Å². The van der Waals surface area contributed by atoms with Gasteiger partial charge in [-0.15, -0.1) is 0 Å². The Labute approximate surface area is 88.4 Å². The Morgan fingerprint density at radius 1 is 1.60 bits per heavy atom. The molecule has 1 aliphatic carbocycles. The number of aliphatic imine (C=N–C) groups is 1. The van der Waals surface area contributed by atoms with Gasteiger partial charge in [-0.3, -0.25) is 0 Å². The highest BCUT2D eigenvalue weighted by Crippen LogP contribution is 2.41. The van der Waals surface area contributed by atoms with Crippen molar-refractivity contribution >= 4 is 5.96 Å². The van der Waals surface area contributed by atoms with Gasteiger partial charge in [0.15, 0.2) is 5.96 Å². The summed E-state index contributed by atoms with van der Waals surface area (Å²) in [6.45, 7) is 6.47. The van der Waals surface area contributed by atoms with E-state index < -0.39 is 5.92 Å². The lowest BCUT2D eigenvalue weighted by Crippen LogP contribution is -2.44. The molecular weight excluding hydrogens is 200 g/mol. The molecule has 1 aliphatic rings. The third-order valence-corrected chi connectivity index (χ3v) is 2.27. The number of halogens is 2. The third kappa shape index (κ3) is 4.27. The van der Waals surface area contributed by atoms with E-state index in [-0.39, 0.29) is 18.8 Å². The van der Waals surface area contributed by atoms with E-state index in [1.807, 2.05) is 6.92 Å². The molecule has 0 saturated heterocycles. The first-order chi connectivity index (χ1) is 6.89. The number of hydrogen-bond acceptors (Lipinski definition) is 1. The molecule has 15 heavy (non-hydrogen) atoms. The van der Waals surface area contributed by atoms with Crippen LogP contribution in [0.15, 0.2) is 17.1 Å². The normalized spacial score (nSPS) is 20.9. The van der Waals surface area contributed by atoms with Gasteiger partial charge in [0.25, 0.3) is 0 Å². The van der Waals surface area contributed by atoms with E-state index in [9.17, 15) is 8.78 Å². The van der Waals surface area contributed by atoms with Gasteiger partial charge in [-0.1, -0.05) is 12.2 Å². The van der Waals surface area contributed by atoms with Crippen LogP contribution in [0.3, 0.4) is 0 Å². The first kappa shape index (κ1) is 11.9. The van der Waals surface area contributed by atoms with Crippen molar-refractivity contribution in [1.82, 2.24) is 5.32 Å². The van der Waals surface area contributed by atoms with Crippen LogP contribution in [0.5, 0.6) is 0 Å². The minimum absolute atomic E-state index is 0.0126. The van der Waals surface area contributed by atoms with Crippen LogP contribution in [-0.4, -0.2) is 25.0 Å². The average Bonchev–Trinajstić information content (AvgIpc) is 2.07. The number of nitrogens with zero attached hydrogens (tertiary/aromatic N) is 1. The number of guanidine groups is 1. The SMILES string of the molecule is C=C(C)CN=C(N)NCC1CC(F)(F)C1. The molecule has 3 nitrogen and oxygen atoms in total. The van der Waals surface area contributed by atoms with Gasteiger partial charge in [0.05, 0.1) is 6.54 Å². The van der Waals surface area contributed by atoms with E-state index in [4.69, 9.17) is 5.73 Å². The fourth-order valence-electron chi connectivity index (χ4n) is 1.45. The molecule has 0 spiro atoms. The predicted molar refractivity (Wildman–Crippen MR) is 57.0 cm³/mol. The van der Waals surface area contributed by atoms with Crippen molar-refractivity contribution in [2.45, 2.75) is 25.7 Å². The van der Waals surface area contributed by atoms with Crippen LogP contribution in [0.4, 0.5) is 8.78 Å². The standard InChI is InChI=1S/C10H17F2N3/c1-7(2)5-14-9(13)15-6-8-3-10(11,12)4-8/h8H,1,3-6H2,2H3,(H3,13,14,15). The van der Waals surface area contributed by atoms with Crippen molar-refractivity contribution in [1.29, 1.82) is 0 Å². The number of nitrogens with one attached hydrogen (secondary N) is 1. The molecule has 0 radical (unpaired) electrons. The van der Waals surface area contributed by atoms with Crippen molar-refractivity contribution in [3.05, 3.63) is 12.2 Å². The van der Waals surface area contributed by atoms with Crippen LogP contribution in [0, 0.1) is 5.92 Å². The monoisotopic (exact) mass is 217 g/mol. The Bertz CT molecular complexity index is 266. The Morgan fingerprint density at radius 3 is 2.67 bits per heavy atom. The summed E-state index contributed by atoms with van der Waals surface area (Å²) in [5.41, 5.74) is 6.44. The van der Waals surface area contributed by atoms with E-state index in [2.05, 4.69) is 16.9 Å². The van der Waals surface area contributed by atoms with Gasteiger partial charge >= 0.3 is 0 Å². The summed E-state index contributed by atoms with van der Waals surface area (Å²) in [6, 6.07) is 0. The molecular formula is C10H17F2N3. The number of alkyl halides is 2. The smallest absolute Gasteiger partial charge is 0.248 e. The molecule has 0 aromatic carbocycles. The highest BCUT2D eigenvalue weighted by molar-refractivity contribution is 5.77. The van der Waals surface area contributed by atoms with Crippen LogP contribution < -0.4 is 11.1 Å². The lowest BCUT2D eigenvalue weighted by Gasteiger charge is -2.34. The van der Waals surface area contributed by atoms with Crippen molar-refractivity contribution in [2.24, 2.45) is 16.6 Å². The number of nitrogens with two attached hydrogens (primary N) is 1. The van der Waals surface area contributed by atoms with Crippen molar-refractivity contribution < 1.29 is 8.78 Å². The summed E-state index contributed by atoms with van der Waals surface area (Å²) < 4.78 is 24.9. The lowest BCUT2D eigenvalue weighted by molar-refractivity contribution is -0.108. The number of rotatable bonds is 4. The average molecular weight is 217 g/mol. The van der Waals surface area contributed by atoms with E-state index in [0.29, 0.717) is 19.0 Å². The van der Waals surface area contributed by atoms with Crippen LogP contribution in [0.2, 0.25) is 0 Å². The third-order valence-electron chi connectivity index (χ3n) is 2.27. The second-order valence-electron chi connectivity index (χ2n) is 4.17. The van der Waals surface area contributed by atoms with Crippen LogP contribution in [0.25, 0.3) is 0 Å². The predicted octanol–water partition coefficient (Wildman–Crippen LogP) is 1.51. The quantitative estimate of drug-likeness (QED) is 0.426. The zero-order chi connectivity index (χ0) is 11.5. The Kier molecular flexibility index (Phi) is 3.66. The minimum Gasteiger partial charge on any atom is -0.370 e. The van der Waals surface area contributed by atoms with Gasteiger partial charge in [0.2, 0.25) is 5.92 Å². The van der Waals surface area contributed by atoms with Crippen LogP contribution in [-0.2, 0) is 0 Å². The second-order valence-corrected chi connectivity index (χ2v) is 4.17. The van der Waals surface area contributed by atoms with E-state index in [1.54, 1.807) is 0 Å². The Hall–Kier alpha value is -1.13. The molecule has 0 unspecified atom stereocenters. The largest absolute Gasteiger partial charge is 0.370 e. The van der Waals surface area contributed by atoms with Gasteiger partial charge in [-0.05, 0) is 12.8 Å². The summed E-state index contributed by atoms with van der Waals surface area (Å²) in [4.78, 5) is 3.99. The maximum Gasteiger partial charge on any atom is 0.248 e. The van der Waals surface area contributed by atoms with Gasteiger partial charge in [0, 0.05) is 19.4 Å². The molecule has 1 saturated carbocycles. The van der Waals surface area contributed by atoms with E-state index >= 15 is 0 Å². The first-order valence-electron chi connectivity index (χ1n) is 4.95. The molecule has 1 fully saturated rings. The molecule has 0 bridgehead atoms. The van der Waals surface area contributed by atoms with E-state index in [1.165, 1.54) is 0 Å². The molecule has 0 aliphatic heterocycles. The maximum absolute atomic E-state index is 12.5. The molecule has 0 aromatic heterocycles. The molecule has 0 heterocycles. The summed E-state index contributed by atoms with van der Waals surface area (Å²) in [5.74, 6) is -2.15. The van der Waals surface area contributed by atoms with Crippen molar-refractivity contribution in [2.75, 3.05) is 13.1 Å². The summed E-state index contributed by atoms with van der Waals surface area (Å²) in [7, 11) is 0. The lowest BCUT2D eigenvalue weighted by atomic mass is 9.81. The number of hydrogen-bond donors (Lipinski definition) is 2. The van der Waals surface area contributed by atoms with Gasteiger partial charge in [0.1, 0.15) is 0 Å². The fourth-order valence-corrected chi connectivity index (χ4v) is 1.45. The zero-order valence-electron chi connectivity index (χ0n) is 8.89. The van der Waals surface area contributed by atoms with Crippen LogP contribution in [0.1, 0.15) is 19.8 Å². The summed E-state index contributed by atoms with van der Waals surface area (Å²) in [5, 5.41) is 2.83. The molecule has 0 amide bonds. The van der Waals surface area contributed by atoms with Crippen molar-refractivity contribution in [3.8, 4) is 0 Å². The highest BCUT2D eigenvalue weighted by Gasteiger charge is 2.44. The van der Waals surface area contributed by atoms with Crippen molar-refractivity contribution in [3.63, 3.8) is 0 Å². The highest BCUT2D eigenvalue weighted by atomic mass is 19.3. The van der Waals surface area contributed by atoms with E-state index in [0.717, 1.165) is 5.57 Å². The summed E-state index contributed by atoms with van der Waals surface area (Å²) in [6.07, 6.45) is -0.0957. The molecule has 0 aromatic rings. The fraction of sp³-hybridized carbons (Fsp3) is 0.700. The molecule has 5 heteroatoms. The Morgan fingerprint density at radius 2 is 2.20 bits per heavy atom.